The molecule has 27 heavy (non-hydrogen) atoms. The first-order chi connectivity index (χ1) is 12.7. The summed E-state index contributed by atoms with van der Waals surface area (Å²) in [4.78, 5) is 2.46. The number of aromatic hydroxyl groups is 1. The minimum atomic E-state index is -0.808. The Hall–Kier alpha value is -1.23. The molecule has 4 bridgehead atoms. The number of phenolic OH excluding ortho intramolecular Hbond substituents is 1. The molecule has 6 atom stereocenters. The molecule has 1 saturated heterocycles. The predicted octanol–water partition coefficient (Wildman–Crippen LogP) is 3.18. The van der Waals surface area contributed by atoms with E-state index in [1.165, 1.54) is 11.1 Å². The van der Waals surface area contributed by atoms with Crippen LogP contribution in [0.4, 0.5) is 0 Å². The summed E-state index contributed by atoms with van der Waals surface area (Å²) in [5.41, 5.74) is 1.20. The van der Waals surface area contributed by atoms with Gasteiger partial charge in [-0.1, -0.05) is 23.7 Å². The van der Waals surface area contributed by atoms with Gasteiger partial charge >= 0.3 is 0 Å². The van der Waals surface area contributed by atoms with Crippen molar-refractivity contribution in [1.82, 2.24) is 4.90 Å². The number of aliphatic hydroxyl groups is 1. The number of piperidine rings is 1. The Morgan fingerprint density at radius 2 is 2.11 bits per heavy atom. The number of phenols is 1. The molecule has 5 heteroatoms. The highest BCUT2D eigenvalue weighted by molar-refractivity contribution is 6.30. The molecule has 2 N–H and O–H groups in total. The second-order valence-corrected chi connectivity index (χ2v) is 10.4. The molecule has 1 saturated carbocycles. The minimum Gasteiger partial charge on any atom is -0.504 e. The van der Waals surface area contributed by atoms with Gasteiger partial charge in [0.2, 0.25) is 0 Å². The first kappa shape index (κ1) is 16.7. The van der Waals surface area contributed by atoms with Crippen molar-refractivity contribution in [2.75, 3.05) is 13.6 Å². The Kier molecular flexibility index (Phi) is 2.89. The fourth-order valence-electron chi connectivity index (χ4n) is 7.74. The van der Waals surface area contributed by atoms with Gasteiger partial charge in [0, 0.05) is 33.4 Å². The highest BCUT2D eigenvalue weighted by Gasteiger charge is 2.78. The molecule has 144 valence electrons. The van der Waals surface area contributed by atoms with Gasteiger partial charge in [-0.05, 0) is 64.3 Å². The molecule has 7 rings (SSSR count). The van der Waals surface area contributed by atoms with Crippen molar-refractivity contribution < 1.29 is 14.9 Å². The SMILES string of the molecule is CN1CC[C@]23c4c5ccc(O)c4O[C@H]2[C@H]2C[C@@H](C(C)(C)O)[C@]3(C=C2Cl)[C@H]1C5. The Labute approximate surface area is 164 Å². The zero-order valence-corrected chi connectivity index (χ0v) is 16.8. The molecule has 0 amide bonds. The van der Waals surface area contributed by atoms with Gasteiger partial charge in [-0.15, -0.1) is 0 Å². The quantitative estimate of drug-likeness (QED) is 0.777. The maximum Gasteiger partial charge on any atom is 0.165 e. The first-order valence-electron chi connectivity index (χ1n) is 10.0. The normalized spacial score (nSPS) is 44.0. The van der Waals surface area contributed by atoms with Gasteiger partial charge in [-0.25, -0.2) is 0 Å². The molecule has 0 aromatic heterocycles. The van der Waals surface area contributed by atoms with Crippen molar-refractivity contribution in [3.05, 3.63) is 34.4 Å². The van der Waals surface area contributed by atoms with Crippen LogP contribution in [0.25, 0.3) is 0 Å². The Morgan fingerprint density at radius 3 is 2.85 bits per heavy atom. The van der Waals surface area contributed by atoms with Gasteiger partial charge < -0.3 is 19.8 Å². The fraction of sp³-hybridized carbons (Fsp3) is 0.636. The molecular formula is C22H26ClNO3. The summed E-state index contributed by atoms with van der Waals surface area (Å²) in [7, 11) is 2.20. The average Bonchev–Trinajstić information content (AvgIpc) is 2.95. The number of hydrogen-bond donors (Lipinski definition) is 2. The molecule has 2 spiro atoms. The summed E-state index contributed by atoms with van der Waals surface area (Å²) in [5, 5.41) is 22.7. The Morgan fingerprint density at radius 1 is 1.33 bits per heavy atom. The number of nitrogens with zero attached hydrogens (tertiary/aromatic N) is 1. The summed E-state index contributed by atoms with van der Waals surface area (Å²) in [5.74, 6) is 1.09. The van der Waals surface area contributed by atoms with Crippen LogP contribution >= 0.6 is 11.6 Å². The summed E-state index contributed by atoms with van der Waals surface area (Å²) in [6.07, 6.45) is 4.95. The van der Waals surface area contributed by atoms with Crippen molar-refractivity contribution >= 4 is 11.6 Å². The van der Waals surface area contributed by atoms with Crippen molar-refractivity contribution in [1.29, 1.82) is 0 Å². The lowest BCUT2D eigenvalue weighted by atomic mass is 9.35. The average molecular weight is 388 g/mol. The third kappa shape index (κ3) is 1.59. The van der Waals surface area contributed by atoms with Crippen LogP contribution in [0.5, 0.6) is 11.5 Å². The summed E-state index contributed by atoms with van der Waals surface area (Å²) < 4.78 is 6.53. The number of halogens is 1. The van der Waals surface area contributed by atoms with Gasteiger partial charge in [-0.2, -0.15) is 0 Å². The minimum absolute atomic E-state index is 0.0489. The van der Waals surface area contributed by atoms with Crippen molar-refractivity contribution in [2.45, 2.75) is 56.3 Å². The molecule has 4 aliphatic carbocycles. The van der Waals surface area contributed by atoms with Gasteiger partial charge in [0.05, 0.1) is 5.60 Å². The smallest absolute Gasteiger partial charge is 0.165 e. The van der Waals surface area contributed by atoms with E-state index in [4.69, 9.17) is 16.3 Å². The van der Waals surface area contributed by atoms with E-state index in [0.29, 0.717) is 5.75 Å². The zero-order valence-electron chi connectivity index (χ0n) is 16.0. The van der Waals surface area contributed by atoms with E-state index in [2.05, 4.69) is 24.1 Å². The number of benzene rings is 1. The lowest BCUT2D eigenvalue weighted by molar-refractivity contribution is -0.192. The van der Waals surface area contributed by atoms with E-state index in [-0.39, 0.29) is 40.6 Å². The van der Waals surface area contributed by atoms with Gasteiger partial charge in [0.15, 0.2) is 11.5 Å². The molecule has 4 nitrogen and oxygen atoms in total. The van der Waals surface area contributed by atoms with Crippen LogP contribution in [0.3, 0.4) is 0 Å². The van der Waals surface area contributed by atoms with E-state index in [0.717, 1.165) is 30.8 Å². The molecule has 0 radical (unpaired) electrons. The largest absolute Gasteiger partial charge is 0.504 e. The fourth-order valence-corrected chi connectivity index (χ4v) is 8.13. The molecule has 6 aliphatic rings. The van der Waals surface area contributed by atoms with Crippen molar-refractivity contribution in [3.8, 4) is 11.5 Å². The van der Waals surface area contributed by atoms with E-state index in [1.807, 2.05) is 13.8 Å². The number of hydrogen-bond acceptors (Lipinski definition) is 4. The molecule has 0 unspecified atom stereocenters. The lowest BCUT2D eigenvalue weighted by Crippen LogP contribution is -2.77. The van der Waals surface area contributed by atoms with E-state index in [1.54, 1.807) is 6.07 Å². The highest BCUT2D eigenvalue weighted by Crippen LogP contribution is 2.76. The number of likely N-dealkylation sites (N-methyl/N-ethyl adjacent to an activating group) is 1. The van der Waals surface area contributed by atoms with Gasteiger partial charge in [0.25, 0.3) is 0 Å². The topological polar surface area (TPSA) is 52.9 Å². The van der Waals surface area contributed by atoms with Crippen LogP contribution in [-0.2, 0) is 11.8 Å². The van der Waals surface area contributed by atoms with Crippen LogP contribution < -0.4 is 4.74 Å². The van der Waals surface area contributed by atoms with Crippen LogP contribution in [0.1, 0.15) is 37.8 Å². The third-order valence-corrected chi connectivity index (χ3v) is 8.93. The van der Waals surface area contributed by atoms with E-state index in [9.17, 15) is 10.2 Å². The van der Waals surface area contributed by atoms with Crippen LogP contribution in [0.15, 0.2) is 23.2 Å². The maximum absolute atomic E-state index is 11.2. The Balaban J connectivity index is 1.75. The first-order valence-corrected chi connectivity index (χ1v) is 10.4. The molecular weight excluding hydrogens is 362 g/mol. The number of likely N-dealkylation sites (tertiary alicyclic amines) is 1. The molecule has 1 aromatic rings. The number of ether oxygens (including phenoxy) is 1. The molecule has 1 aromatic carbocycles. The molecule has 2 aliphatic heterocycles. The van der Waals surface area contributed by atoms with Gasteiger partial charge in [-0.3, -0.25) is 0 Å². The third-order valence-electron chi connectivity index (χ3n) is 8.54. The van der Waals surface area contributed by atoms with Crippen LogP contribution in [0.2, 0.25) is 0 Å². The van der Waals surface area contributed by atoms with Crippen molar-refractivity contribution in [2.24, 2.45) is 17.3 Å². The predicted molar refractivity (Wildman–Crippen MR) is 103 cm³/mol. The molecule has 2 fully saturated rings. The Bertz CT molecular complexity index is 906. The number of rotatable bonds is 1. The monoisotopic (exact) mass is 387 g/mol. The maximum atomic E-state index is 11.2. The van der Waals surface area contributed by atoms with Crippen molar-refractivity contribution in [3.63, 3.8) is 0 Å². The standard InChI is InChI=1S/C22H26ClNO3/c1-20(2,26)15-9-12-13(23)10-22(15)16-8-11-4-5-14(25)18-17(11)21(22,19(12)27-18)6-7-24(16)3/h4-5,10,12,15-16,19,25-26H,6-9H2,1-3H3/t12-,15-,16+,19-,21-,22+/m0/s1. The summed E-state index contributed by atoms with van der Waals surface area (Å²) in [6.45, 7) is 4.90. The second kappa shape index (κ2) is 4.67. The second-order valence-electron chi connectivity index (χ2n) is 9.92. The van der Waals surface area contributed by atoms with E-state index >= 15 is 0 Å². The summed E-state index contributed by atoms with van der Waals surface area (Å²) >= 11 is 6.84. The summed E-state index contributed by atoms with van der Waals surface area (Å²) in [6, 6.07) is 4.12. The lowest BCUT2D eigenvalue weighted by Gasteiger charge is -2.71. The van der Waals surface area contributed by atoms with Crippen LogP contribution in [-0.4, -0.2) is 46.5 Å². The van der Waals surface area contributed by atoms with Gasteiger partial charge in [0.1, 0.15) is 6.10 Å². The van der Waals surface area contributed by atoms with E-state index < -0.39 is 5.60 Å². The van der Waals surface area contributed by atoms with Crippen LogP contribution in [0, 0.1) is 17.3 Å². The zero-order chi connectivity index (χ0) is 18.9. The highest BCUT2D eigenvalue weighted by atomic mass is 35.5. The molecule has 2 heterocycles. The number of fused-ring (bicyclic) bond motifs is 1.